The van der Waals surface area contributed by atoms with Crippen LogP contribution in [0.25, 0.3) is 16.5 Å². The zero-order valence-corrected chi connectivity index (χ0v) is 17.2. The van der Waals surface area contributed by atoms with Gasteiger partial charge in [0.2, 0.25) is 0 Å². The maximum Gasteiger partial charge on any atom is 0.262 e. The Morgan fingerprint density at radius 2 is 1.70 bits per heavy atom. The van der Waals surface area contributed by atoms with Crippen molar-refractivity contribution in [2.45, 2.75) is 6.92 Å². The number of ether oxygens (including phenoxy) is 1. The number of aryl methyl sites for hydroxylation is 1. The van der Waals surface area contributed by atoms with E-state index in [1.165, 1.54) is 4.57 Å². The number of amides is 1. The first-order chi connectivity index (χ1) is 14.5. The summed E-state index contributed by atoms with van der Waals surface area (Å²) in [5.41, 5.74) is 2.34. The molecule has 0 spiro atoms. The summed E-state index contributed by atoms with van der Waals surface area (Å²) in [7, 11) is 1.55. The van der Waals surface area contributed by atoms with Gasteiger partial charge < -0.3 is 10.1 Å². The average Bonchev–Trinajstić information content (AvgIpc) is 2.75. The molecule has 6 heteroatoms. The monoisotopic (exact) mass is 418 g/mol. The van der Waals surface area contributed by atoms with E-state index in [2.05, 4.69) is 5.32 Å². The molecule has 5 nitrogen and oxygen atoms in total. The number of pyridine rings is 1. The van der Waals surface area contributed by atoms with Gasteiger partial charge in [0.05, 0.1) is 18.4 Å². The number of carbonyl (C=O) groups is 1. The van der Waals surface area contributed by atoms with Gasteiger partial charge in [0.25, 0.3) is 11.5 Å². The Morgan fingerprint density at radius 3 is 2.40 bits per heavy atom. The lowest BCUT2D eigenvalue weighted by molar-refractivity contribution is 0.102. The second-order valence-electron chi connectivity index (χ2n) is 6.90. The quantitative estimate of drug-likeness (QED) is 0.494. The number of hydrogen-bond acceptors (Lipinski definition) is 3. The van der Waals surface area contributed by atoms with E-state index in [1.807, 2.05) is 19.1 Å². The first-order valence-corrected chi connectivity index (χ1v) is 9.72. The Hall–Kier alpha value is -3.57. The summed E-state index contributed by atoms with van der Waals surface area (Å²) in [5.74, 6) is 0.224. The highest BCUT2D eigenvalue weighted by Crippen LogP contribution is 2.27. The van der Waals surface area contributed by atoms with Gasteiger partial charge in [0.15, 0.2) is 0 Å². The largest absolute Gasteiger partial charge is 0.495 e. The highest BCUT2D eigenvalue weighted by atomic mass is 35.5. The van der Waals surface area contributed by atoms with E-state index in [4.69, 9.17) is 16.3 Å². The van der Waals surface area contributed by atoms with E-state index >= 15 is 0 Å². The maximum atomic E-state index is 13.3. The maximum absolute atomic E-state index is 13.3. The van der Waals surface area contributed by atoms with Crippen molar-refractivity contribution in [1.29, 1.82) is 0 Å². The van der Waals surface area contributed by atoms with Gasteiger partial charge in [-0.25, -0.2) is 0 Å². The Balaban J connectivity index is 1.87. The zero-order chi connectivity index (χ0) is 21.3. The molecule has 0 aliphatic heterocycles. The first-order valence-electron chi connectivity index (χ1n) is 9.34. The van der Waals surface area contributed by atoms with Crippen LogP contribution in [0, 0.1) is 6.92 Å². The number of hydrogen-bond donors (Lipinski definition) is 1. The fourth-order valence-corrected chi connectivity index (χ4v) is 3.50. The van der Waals surface area contributed by atoms with Gasteiger partial charge in [-0.05, 0) is 55.0 Å². The summed E-state index contributed by atoms with van der Waals surface area (Å²) in [6.07, 6.45) is 1.56. The number of halogens is 1. The molecule has 30 heavy (non-hydrogen) atoms. The number of rotatable bonds is 4. The van der Waals surface area contributed by atoms with E-state index in [9.17, 15) is 9.59 Å². The third-order valence-electron chi connectivity index (χ3n) is 4.88. The zero-order valence-electron chi connectivity index (χ0n) is 16.5. The summed E-state index contributed by atoms with van der Waals surface area (Å²) in [6.45, 7) is 1.94. The van der Waals surface area contributed by atoms with Gasteiger partial charge in [-0.3, -0.25) is 14.2 Å². The number of fused-ring (bicyclic) bond motifs is 1. The minimum atomic E-state index is -0.335. The predicted octanol–water partition coefficient (Wildman–Crippen LogP) is 5.21. The normalized spacial score (nSPS) is 10.8. The van der Waals surface area contributed by atoms with Crippen molar-refractivity contribution < 1.29 is 9.53 Å². The lowest BCUT2D eigenvalue weighted by Crippen LogP contribution is -2.22. The smallest absolute Gasteiger partial charge is 0.262 e. The molecule has 4 rings (SSSR count). The molecule has 0 aliphatic rings. The Kier molecular flexibility index (Phi) is 5.29. The van der Waals surface area contributed by atoms with Gasteiger partial charge in [0.1, 0.15) is 5.75 Å². The molecule has 0 saturated carbocycles. The van der Waals surface area contributed by atoms with E-state index in [1.54, 1.807) is 67.9 Å². The summed E-state index contributed by atoms with van der Waals surface area (Å²) >= 11 is 5.98. The van der Waals surface area contributed by atoms with Crippen molar-refractivity contribution in [3.8, 4) is 11.4 Å². The van der Waals surface area contributed by atoms with Crippen LogP contribution in [0.1, 0.15) is 15.9 Å². The van der Waals surface area contributed by atoms with Gasteiger partial charge in [-0.1, -0.05) is 35.9 Å². The molecule has 3 aromatic carbocycles. The Bertz CT molecular complexity index is 1310. The fourth-order valence-electron chi connectivity index (χ4n) is 3.38. The van der Waals surface area contributed by atoms with Crippen LogP contribution < -0.4 is 15.6 Å². The Morgan fingerprint density at radius 1 is 1.00 bits per heavy atom. The van der Waals surface area contributed by atoms with Gasteiger partial charge in [-0.2, -0.15) is 0 Å². The highest BCUT2D eigenvalue weighted by molar-refractivity contribution is 6.30. The summed E-state index contributed by atoms with van der Waals surface area (Å²) in [6, 6.07) is 19.5. The molecule has 0 aliphatic carbocycles. The van der Waals surface area contributed by atoms with Gasteiger partial charge >= 0.3 is 0 Å². The second kappa shape index (κ2) is 8.05. The standard InChI is InChI=1S/C24H19ClN2O3/c1-15-7-12-22(30-2)21(13-15)26-23(28)20-14-27(17-10-8-16(25)9-11-17)24(29)19-6-4-3-5-18(19)20/h3-14H,1-2H3,(H,26,28). The molecule has 0 radical (unpaired) electrons. The van der Waals surface area contributed by atoms with Crippen molar-refractivity contribution in [3.05, 3.63) is 99.4 Å². The number of benzene rings is 3. The van der Waals surface area contributed by atoms with Crippen LogP contribution in [0.2, 0.25) is 5.02 Å². The molecule has 0 unspecified atom stereocenters. The molecular formula is C24H19ClN2O3. The van der Waals surface area contributed by atoms with Crippen molar-refractivity contribution >= 4 is 34.0 Å². The molecule has 0 saturated heterocycles. The summed E-state index contributed by atoms with van der Waals surface area (Å²) < 4.78 is 6.82. The average molecular weight is 419 g/mol. The molecule has 1 amide bonds. The van der Waals surface area contributed by atoms with E-state index < -0.39 is 0 Å². The van der Waals surface area contributed by atoms with Crippen LogP contribution in [0.15, 0.2) is 77.7 Å². The molecule has 1 aromatic heterocycles. The van der Waals surface area contributed by atoms with E-state index in [0.29, 0.717) is 38.5 Å². The molecule has 1 heterocycles. The van der Waals surface area contributed by atoms with E-state index in [-0.39, 0.29) is 11.5 Å². The number of nitrogens with zero attached hydrogens (tertiary/aromatic N) is 1. The van der Waals surface area contributed by atoms with E-state index in [0.717, 1.165) is 5.56 Å². The third kappa shape index (κ3) is 3.67. The van der Waals surface area contributed by atoms with Crippen LogP contribution in [0.5, 0.6) is 5.75 Å². The van der Waals surface area contributed by atoms with Crippen LogP contribution in [-0.4, -0.2) is 17.6 Å². The molecule has 0 bridgehead atoms. The van der Waals surface area contributed by atoms with Crippen LogP contribution in [0.3, 0.4) is 0 Å². The SMILES string of the molecule is COc1ccc(C)cc1NC(=O)c1cn(-c2ccc(Cl)cc2)c(=O)c2ccccc12. The third-order valence-corrected chi connectivity index (χ3v) is 5.13. The number of carbonyl (C=O) groups excluding carboxylic acids is 1. The molecular weight excluding hydrogens is 400 g/mol. The van der Waals surface area contributed by atoms with Crippen molar-refractivity contribution in [3.63, 3.8) is 0 Å². The fraction of sp³-hybridized carbons (Fsp3) is 0.0833. The van der Waals surface area contributed by atoms with Crippen LogP contribution >= 0.6 is 11.6 Å². The lowest BCUT2D eigenvalue weighted by atomic mass is 10.1. The molecule has 150 valence electrons. The van der Waals surface area contributed by atoms with Gasteiger partial charge in [-0.15, -0.1) is 0 Å². The predicted molar refractivity (Wildman–Crippen MR) is 120 cm³/mol. The molecule has 1 N–H and O–H groups in total. The van der Waals surface area contributed by atoms with Crippen LogP contribution in [-0.2, 0) is 0 Å². The highest BCUT2D eigenvalue weighted by Gasteiger charge is 2.17. The number of aromatic nitrogens is 1. The summed E-state index contributed by atoms with van der Waals surface area (Å²) in [5, 5.41) is 4.52. The lowest BCUT2D eigenvalue weighted by Gasteiger charge is -2.14. The van der Waals surface area contributed by atoms with Gasteiger partial charge in [0, 0.05) is 27.7 Å². The number of methoxy groups -OCH3 is 1. The first kappa shape index (κ1) is 19.7. The van der Waals surface area contributed by atoms with Crippen molar-refractivity contribution in [1.82, 2.24) is 4.57 Å². The minimum Gasteiger partial charge on any atom is -0.495 e. The van der Waals surface area contributed by atoms with Crippen LogP contribution in [0.4, 0.5) is 5.69 Å². The van der Waals surface area contributed by atoms with Crippen molar-refractivity contribution in [2.75, 3.05) is 12.4 Å². The molecule has 4 aromatic rings. The molecule has 0 atom stereocenters. The second-order valence-corrected chi connectivity index (χ2v) is 7.33. The molecule has 0 fully saturated rings. The summed E-state index contributed by atoms with van der Waals surface area (Å²) in [4.78, 5) is 26.3. The Labute approximate surface area is 178 Å². The van der Waals surface area contributed by atoms with Crippen molar-refractivity contribution in [2.24, 2.45) is 0 Å². The number of anilines is 1. The number of nitrogens with one attached hydrogen (secondary N) is 1. The topological polar surface area (TPSA) is 60.3 Å². The minimum absolute atomic E-state index is 0.211.